The molecule has 3 rings (SSSR count). The molecule has 2 aromatic carbocycles. The van der Waals surface area contributed by atoms with Crippen LogP contribution in [0, 0.1) is 6.92 Å². The van der Waals surface area contributed by atoms with E-state index < -0.39 is 10.0 Å². The molecule has 0 aliphatic carbocycles. The number of thiazole rings is 1. The molecular formula is C19H18ClN3O3S2. The minimum atomic E-state index is -3.70. The van der Waals surface area contributed by atoms with Gasteiger partial charge >= 0.3 is 0 Å². The maximum Gasteiger partial charge on any atom is 0.271 e. The smallest absolute Gasteiger partial charge is 0.271 e. The first kappa shape index (κ1) is 20.5. The molecule has 146 valence electrons. The van der Waals surface area contributed by atoms with Gasteiger partial charge in [-0.2, -0.15) is 0 Å². The van der Waals surface area contributed by atoms with Gasteiger partial charge < -0.3 is 5.32 Å². The van der Waals surface area contributed by atoms with E-state index in [-0.39, 0.29) is 10.8 Å². The van der Waals surface area contributed by atoms with Crippen molar-refractivity contribution >= 4 is 38.9 Å². The average molecular weight is 436 g/mol. The minimum absolute atomic E-state index is 0.0606. The van der Waals surface area contributed by atoms with E-state index in [0.29, 0.717) is 28.7 Å². The van der Waals surface area contributed by atoms with Gasteiger partial charge in [0.05, 0.1) is 9.92 Å². The molecule has 6 nitrogen and oxygen atoms in total. The Bertz CT molecular complexity index is 1110. The van der Waals surface area contributed by atoms with E-state index in [0.717, 1.165) is 16.0 Å². The highest BCUT2D eigenvalue weighted by Gasteiger charge is 2.17. The van der Waals surface area contributed by atoms with Gasteiger partial charge in [-0.15, -0.1) is 11.3 Å². The molecule has 1 amide bonds. The van der Waals surface area contributed by atoms with Crippen LogP contribution < -0.4 is 10.5 Å². The van der Waals surface area contributed by atoms with Crippen molar-refractivity contribution in [2.45, 2.75) is 18.2 Å². The number of nitrogens with one attached hydrogen (secondary N) is 1. The van der Waals surface area contributed by atoms with Gasteiger partial charge in [-0.25, -0.2) is 18.5 Å². The summed E-state index contributed by atoms with van der Waals surface area (Å²) in [5.41, 5.74) is 2.07. The molecule has 3 N–H and O–H groups in total. The first-order valence-corrected chi connectivity index (χ1v) is 11.1. The molecule has 0 saturated heterocycles. The Balaban J connectivity index is 1.63. The molecule has 0 saturated carbocycles. The van der Waals surface area contributed by atoms with Gasteiger partial charge in [0.1, 0.15) is 10.7 Å². The standard InChI is InChI=1S/C19H18ClN3O3S2/c1-12-17(23-19(27-12)15-4-2-3-5-16(15)20)18(24)22-11-10-13-6-8-14(9-7-13)28(21,25)26/h2-9H,10-11H2,1H3,(H,22,24)(H2,21,25,26). The SMILES string of the molecule is Cc1sc(-c2ccccc2Cl)nc1C(=O)NCCc1ccc(S(N)(=O)=O)cc1. The number of aryl methyl sites for hydroxylation is 1. The zero-order chi connectivity index (χ0) is 20.3. The number of halogens is 1. The van der Waals surface area contributed by atoms with Crippen molar-refractivity contribution < 1.29 is 13.2 Å². The van der Waals surface area contributed by atoms with Crippen molar-refractivity contribution in [3.8, 4) is 10.6 Å². The van der Waals surface area contributed by atoms with Crippen LogP contribution in [0.3, 0.4) is 0 Å². The van der Waals surface area contributed by atoms with Crippen LogP contribution >= 0.6 is 22.9 Å². The number of nitrogens with two attached hydrogens (primary N) is 1. The molecule has 0 atom stereocenters. The number of hydrogen-bond donors (Lipinski definition) is 2. The van der Waals surface area contributed by atoms with Crippen molar-refractivity contribution in [3.63, 3.8) is 0 Å². The molecule has 0 aliphatic rings. The normalized spacial score (nSPS) is 11.4. The van der Waals surface area contributed by atoms with Crippen LogP contribution in [0.2, 0.25) is 5.02 Å². The van der Waals surface area contributed by atoms with E-state index in [1.807, 2.05) is 25.1 Å². The van der Waals surface area contributed by atoms with E-state index in [4.69, 9.17) is 16.7 Å². The third-order valence-corrected chi connectivity index (χ3v) is 6.33. The maximum absolute atomic E-state index is 12.5. The first-order valence-electron chi connectivity index (χ1n) is 8.38. The number of rotatable bonds is 6. The maximum atomic E-state index is 12.5. The van der Waals surface area contributed by atoms with Gasteiger partial charge in [0.2, 0.25) is 10.0 Å². The number of benzene rings is 2. The Morgan fingerprint density at radius 3 is 2.50 bits per heavy atom. The number of amides is 1. The largest absolute Gasteiger partial charge is 0.350 e. The second kappa shape index (κ2) is 8.40. The van der Waals surface area contributed by atoms with Gasteiger partial charge in [-0.05, 0) is 37.1 Å². The lowest BCUT2D eigenvalue weighted by Gasteiger charge is -2.05. The van der Waals surface area contributed by atoms with Gasteiger partial charge in [0.25, 0.3) is 5.91 Å². The Morgan fingerprint density at radius 1 is 1.18 bits per heavy atom. The second-order valence-corrected chi connectivity index (χ2v) is 9.27. The highest BCUT2D eigenvalue weighted by Crippen LogP contribution is 2.32. The van der Waals surface area contributed by atoms with Crippen LogP contribution in [0.1, 0.15) is 20.9 Å². The van der Waals surface area contributed by atoms with Crippen LogP contribution in [0.25, 0.3) is 10.6 Å². The second-order valence-electron chi connectivity index (χ2n) is 6.10. The Morgan fingerprint density at radius 2 is 1.86 bits per heavy atom. The summed E-state index contributed by atoms with van der Waals surface area (Å²) in [6, 6.07) is 13.6. The molecule has 1 aromatic heterocycles. The van der Waals surface area contributed by atoms with Crippen molar-refractivity contribution in [1.82, 2.24) is 10.3 Å². The highest BCUT2D eigenvalue weighted by molar-refractivity contribution is 7.89. The van der Waals surface area contributed by atoms with Crippen LogP contribution in [-0.4, -0.2) is 25.9 Å². The van der Waals surface area contributed by atoms with Crippen LogP contribution in [0.5, 0.6) is 0 Å². The highest BCUT2D eigenvalue weighted by atomic mass is 35.5. The summed E-state index contributed by atoms with van der Waals surface area (Å²) < 4.78 is 22.5. The van der Waals surface area contributed by atoms with Gasteiger partial charge in [0, 0.05) is 17.0 Å². The van der Waals surface area contributed by atoms with Crippen LogP contribution in [0.15, 0.2) is 53.4 Å². The molecule has 0 spiro atoms. The monoisotopic (exact) mass is 435 g/mol. The van der Waals surface area contributed by atoms with Gasteiger partial charge in [0.15, 0.2) is 0 Å². The predicted octanol–water partition coefficient (Wildman–Crippen LogP) is 3.39. The molecule has 0 radical (unpaired) electrons. The van der Waals surface area contributed by atoms with Crippen LogP contribution in [-0.2, 0) is 16.4 Å². The summed E-state index contributed by atoms with van der Waals surface area (Å²) in [7, 11) is -3.70. The lowest BCUT2D eigenvalue weighted by Crippen LogP contribution is -2.26. The fourth-order valence-electron chi connectivity index (χ4n) is 2.61. The third-order valence-electron chi connectivity index (χ3n) is 4.07. The Kier molecular flexibility index (Phi) is 6.14. The molecule has 3 aromatic rings. The molecule has 1 heterocycles. The topological polar surface area (TPSA) is 102 Å². The molecule has 28 heavy (non-hydrogen) atoms. The summed E-state index contributed by atoms with van der Waals surface area (Å²) in [6.07, 6.45) is 0.553. The van der Waals surface area contributed by atoms with Gasteiger partial charge in [-0.1, -0.05) is 41.9 Å². The summed E-state index contributed by atoms with van der Waals surface area (Å²) in [6.45, 7) is 2.24. The van der Waals surface area contributed by atoms with Crippen LogP contribution in [0.4, 0.5) is 0 Å². The fraction of sp³-hybridized carbons (Fsp3) is 0.158. The fourth-order valence-corrected chi connectivity index (χ4v) is 4.35. The summed E-state index contributed by atoms with van der Waals surface area (Å²) in [5, 5.41) is 9.21. The molecule has 0 bridgehead atoms. The van der Waals surface area contributed by atoms with E-state index in [9.17, 15) is 13.2 Å². The lowest BCUT2D eigenvalue weighted by atomic mass is 10.1. The zero-order valence-electron chi connectivity index (χ0n) is 15.0. The average Bonchev–Trinajstić information content (AvgIpc) is 3.03. The molecule has 0 unspecified atom stereocenters. The predicted molar refractivity (Wildman–Crippen MR) is 111 cm³/mol. The van der Waals surface area contributed by atoms with Crippen molar-refractivity contribution in [2.24, 2.45) is 5.14 Å². The summed E-state index contributed by atoms with van der Waals surface area (Å²) >= 11 is 7.63. The third kappa shape index (κ3) is 4.77. The van der Waals surface area contributed by atoms with Crippen molar-refractivity contribution in [2.75, 3.05) is 6.54 Å². The van der Waals surface area contributed by atoms with Gasteiger partial charge in [-0.3, -0.25) is 4.79 Å². The van der Waals surface area contributed by atoms with E-state index in [1.165, 1.54) is 23.5 Å². The molecule has 9 heteroatoms. The number of sulfonamides is 1. The minimum Gasteiger partial charge on any atom is -0.350 e. The summed E-state index contributed by atoms with van der Waals surface area (Å²) in [4.78, 5) is 17.8. The van der Waals surface area contributed by atoms with E-state index in [1.54, 1.807) is 18.2 Å². The van der Waals surface area contributed by atoms with E-state index >= 15 is 0 Å². The molecule has 0 fully saturated rings. The molecule has 0 aliphatic heterocycles. The lowest BCUT2D eigenvalue weighted by molar-refractivity contribution is 0.0949. The number of hydrogen-bond acceptors (Lipinski definition) is 5. The summed E-state index contributed by atoms with van der Waals surface area (Å²) in [5.74, 6) is -0.256. The number of aromatic nitrogens is 1. The number of primary sulfonamides is 1. The number of carbonyl (C=O) groups is 1. The molecular weight excluding hydrogens is 418 g/mol. The first-order chi connectivity index (χ1) is 13.3. The number of carbonyl (C=O) groups excluding carboxylic acids is 1. The number of nitrogens with zero attached hydrogens (tertiary/aromatic N) is 1. The van der Waals surface area contributed by atoms with Crippen molar-refractivity contribution in [3.05, 3.63) is 69.7 Å². The Hall–Kier alpha value is -2.26. The Labute approximate surface area is 172 Å². The zero-order valence-corrected chi connectivity index (χ0v) is 17.4. The van der Waals surface area contributed by atoms with Crippen molar-refractivity contribution in [1.29, 1.82) is 0 Å². The quantitative estimate of drug-likeness (QED) is 0.619. The van der Waals surface area contributed by atoms with E-state index in [2.05, 4.69) is 10.3 Å².